The van der Waals surface area contributed by atoms with Gasteiger partial charge in [-0.1, -0.05) is 36.4 Å². The zero-order chi connectivity index (χ0) is 19.1. The van der Waals surface area contributed by atoms with Crippen LogP contribution in [0.1, 0.15) is 18.4 Å². The monoisotopic (exact) mass is 369 g/mol. The van der Waals surface area contributed by atoms with Crippen molar-refractivity contribution >= 4 is 17.6 Å². The maximum atomic E-state index is 13.7. The average Bonchev–Trinajstić information content (AvgIpc) is 2.94. The molecule has 1 saturated heterocycles. The Kier molecular flexibility index (Phi) is 6.41. The molecule has 3 amide bonds. The lowest BCUT2D eigenvalue weighted by Crippen LogP contribution is -2.39. The normalized spacial score (nSPS) is 14.6. The number of hydrogen-bond donors (Lipinski definition) is 1. The van der Waals surface area contributed by atoms with Crippen LogP contribution in [0.25, 0.3) is 0 Å². The first kappa shape index (κ1) is 18.9. The number of aryl methyl sites for hydroxylation is 1. The van der Waals surface area contributed by atoms with Gasteiger partial charge in [0, 0.05) is 38.3 Å². The number of rotatable bonds is 4. The van der Waals surface area contributed by atoms with Crippen LogP contribution in [0, 0.1) is 5.82 Å². The number of carbonyl (C=O) groups excluding carboxylic acids is 2. The van der Waals surface area contributed by atoms with Crippen LogP contribution in [0.15, 0.2) is 54.6 Å². The van der Waals surface area contributed by atoms with E-state index >= 15 is 0 Å². The fraction of sp³-hybridized carbons (Fsp3) is 0.333. The lowest BCUT2D eigenvalue weighted by atomic mass is 10.1. The summed E-state index contributed by atoms with van der Waals surface area (Å²) in [7, 11) is 0. The number of amides is 3. The lowest BCUT2D eigenvalue weighted by Gasteiger charge is -2.22. The van der Waals surface area contributed by atoms with Gasteiger partial charge in [0.05, 0.1) is 0 Å². The Hall–Kier alpha value is -2.89. The van der Waals surface area contributed by atoms with Gasteiger partial charge in [-0.3, -0.25) is 4.79 Å². The first-order valence-corrected chi connectivity index (χ1v) is 9.25. The molecule has 1 fully saturated rings. The van der Waals surface area contributed by atoms with Crippen molar-refractivity contribution in [2.24, 2.45) is 0 Å². The summed E-state index contributed by atoms with van der Waals surface area (Å²) in [6.45, 7) is 2.21. The molecule has 0 aromatic heterocycles. The van der Waals surface area contributed by atoms with Crippen LogP contribution in [0.2, 0.25) is 0 Å². The molecule has 3 rings (SSSR count). The van der Waals surface area contributed by atoms with Gasteiger partial charge in [0.15, 0.2) is 0 Å². The summed E-state index contributed by atoms with van der Waals surface area (Å²) < 4.78 is 13.7. The van der Waals surface area contributed by atoms with Crippen molar-refractivity contribution in [1.82, 2.24) is 9.80 Å². The second kappa shape index (κ2) is 9.16. The second-order valence-electron chi connectivity index (χ2n) is 6.61. The zero-order valence-electron chi connectivity index (χ0n) is 15.2. The highest BCUT2D eigenvalue weighted by Gasteiger charge is 2.22. The van der Waals surface area contributed by atoms with Gasteiger partial charge in [0.2, 0.25) is 5.91 Å². The molecule has 1 N–H and O–H groups in total. The minimum atomic E-state index is -0.273. The van der Waals surface area contributed by atoms with Crippen molar-refractivity contribution in [2.75, 3.05) is 31.5 Å². The number of urea groups is 1. The van der Waals surface area contributed by atoms with E-state index in [0.717, 1.165) is 12.1 Å². The van der Waals surface area contributed by atoms with Crippen molar-refractivity contribution in [1.29, 1.82) is 0 Å². The van der Waals surface area contributed by atoms with Crippen LogP contribution in [-0.2, 0) is 11.2 Å². The van der Waals surface area contributed by atoms with E-state index < -0.39 is 0 Å². The van der Waals surface area contributed by atoms with E-state index in [1.807, 2.05) is 30.3 Å². The quantitative estimate of drug-likeness (QED) is 0.896. The van der Waals surface area contributed by atoms with E-state index in [9.17, 15) is 14.0 Å². The van der Waals surface area contributed by atoms with Gasteiger partial charge < -0.3 is 15.1 Å². The third-order valence-electron chi connectivity index (χ3n) is 4.73. The zero-order valence-corrected chi connectivity index (χ0v) is 15.2. The number of carbonyl (C=O) groups is 2. The number of halogens is 1. The summed E-state index contributed by atoms with van der Waals surface area (Å²) in [4.78, 5) is 28.4. The number of nitrogens with zero attached hydrogens (tertiary/aromatic N) is 2. The van der Waals surface area contributed by atoms with E-state index in [1.54, 1.807) is 28.0 Å². The van der Waals surface area contributed by atoms with Gasteiger partial charge in [-0.2, -0.15) is 0 Å². The van der Waals surface area contributed by atoms with E-state index in [4.69, 9.17) is 0 Å². The number of hydrogen-bond acceptors (Lipinski definition) is 2. The SMILES string of the molecule is O=C(CCc1ccccc1F)N1CCCN(C(=O)Nc2ccccc2)CC1. The Bertz CT molecular complexity index is 782. The van der Waals surface area contributed by atoms with Gasteiger partial charge in [-0.25, -0.2) is 9.18 Å². The summed E-state index contributed by atoms with van der Waals surface area (Å²) in [5.74, 6) is -0.270. The average molecular weight is 369 g/mol. The second-order valence-corrected chi connectivity index (χ2v) is 6.61. The number of benzene rings is 2. The molecular formula is C21H24FN3O2. The van der Waals surface area contributed by atoms with Crippen LogP contribution in [-0.4, -0.2) is 47.9 Å². The van der Waals surface area contributed by atoms with Gasteiger partial charge in [-0.15, -0.1) is 0 Å². The van der Waals surface area contributed by atoms with Gasteiger partial charge in [0.1, 0.15) is 5.82 Å². The van der Waals surface area contributed by atoms with E-state index in [0.29, 0.717) is 38.2 Å². The van der Waals surface area contributed by atoms with Gasteiger partial charge in [0.25, 0.3) is 0 Å². The maximum absolute atomic E-state index is 13.7. The molecule has 5 nitrogen and oxygen atoms in total. The van der Waals surface area contributed by atoms with E-state index in [1.165, 1.54) is 6.07 Å². The molecule has 0 aliphatic carbocycles. The maximum Gasteiger partial charge on any atom is 0.321 e. The molecule has 142 valence electrons. The Morgan fingerprint density at radius 2 is 1.56 bits per heavy atom. The third-order valence-corrected chi connectivity index (χ3v) is 4.73. The summed E-state index contributed by atoms with van der Waals surface area (Å²) in [6.07, 6.45) is 1.39. The standard InChI is InChI=1S/C21H24FN3O2/c22-19-10-5-4-7-17(19)11-12-20(26)24-13-6-14-25(16-15-24)21(27)23-18-8-2-1-3-9-18/h1-5,7-10H,6,11-16H2,(H,23,27). The number of para-hydroxylation sites is 1. The van der Waals surface area contributed by atoms with E-state index in [2.05, 4.69) is 5.32 Å². The molecule has 0 unspecified atom stereocenters. The van der Waals surface area contributed by atoms with Crippen molar-refractivity contribution in [2.45, 2.75) is 19.3 Å². The fourth-order valence-corrected chi connectivity index (χ4v) is 3.19. The van der Waals surface area contributed by atoms with Crippen LogP contribution in [0.4, 0.5) is 14.9 Å². The first-order valence-electron chi connectivity index (χ1n) is 9.25. The van der Waals surface area contributed by atoms with Crippen molar-refractivity contribution in [3.05, 3.63) is 66.0 Å². The topological polar surface area (TPSA) is 52.7 Å². The molecule has 0 saturated carbocycles. The fourth-order valence-electron chi connectivity index (χ4n) is 3.19. The van der Waals surface area contributed by atoms with Gasteiger partial charge in [-0.05, 0) is 36.6 Å². The summed E-state index contributed by atoms with van der Waals surface area (Å²) in [6, 6.07) is 15.7. The molecule has 1 aliphatic heterocycles. The Balaban J connectivity index is 1.49. The molecule has 0 radical (unpaired) electrons. The molecule has 2 aromatic rings. The Labute approximate surface area is 158 Å². The number of nitrogens with one attached hydrogen (secondary N) is 1. The predicted molar refractivity (Wildman–Crippen MR) is 103 cm³/mol. The minimum Gasteiger partial charge on any atom is -0.341 e. The largest absolute Gasteiger partial charge is 0.341 e. The number of anilines is 1. The summed E-state index contributed by atoms with van der Waals surface area (Å²) in [5.41, 5.74) is 1.31. The van der Waals surface area contributed by atoms with Crippen LogP contribution < -0.4 is 5.32 Å². The molecule has 0 bridgehead atoms. The minimum absolute atomic E-state index is 0.00331. The van der Waals surface area contributed by atoms with Crippen molar-refractivity contribution in [3.63, 3.8) is 0 Å². The van der Waals surface area contributed by atoms with Gasteiger partial charge >= 0.3 is 6.03 Å². The van der Waals surface area contributed by atoms with Crippen LogP contribution in [0.3, 0.4) is 0 Å². The highest BCUT2D eigenvalue weighted by molar-refractivity contribution is 5.89. The highest BCUT2D eigenvalue weighted by Crippen LogP contribution is 2.13. The Morgan fingerprint density at radius 3 is 2.33 bits per heavy atom. The molecule has 6 heteroatoms. The summed E-state index contributed by atoms with van der Waals surface area (Å²) >= 11 is 0. The van der Waals surface area contributed by atoms with Crippen molar-refractivity contribution in [3.8, 4) is 0 Å². The third kappa shape index (κ3) is 5.29. The molecule has 1 heterocycles. The lowest BCUT2D eigenvalue weighted by molar-refractivity contribution is -0.131. The highest BCUT2D eigenvalue weighted by atomic mass is 19.1. The Morgan fingerprint density at radius 1 is 0.889 bits per heavy atom. The molecule has 1 aliphatic rings. The molecule has 0 spiro atoms. The molecular weight excluding hydrogens is 345 g/mol. The molecule has 2 aromatic carbocycles. The van der Waals surface area contributed by atoms with E-state index in [-0.39, 0.29) is 24.2 Å². The van der Waals surface area contributed by atoms with Crippen LogP contribution >= 0.6 is 0 Å². The smallest absolute Gasteiger partial charge is 0.321 e. The molecule has 0 atom stereocenters. The van der Waals surface area contributed by atoms with Crippen molar-refractivity contribution < 1.29 is 14.0 Å². The predicted octanol–water partition coefficient (Wildman–Crippen LogP) is 3.52. The van der Waals surface area contributed by atoms with Crippen LogP contribution in [0.5, 0.6) is 0 Å². The first-order chi connectivity index (χ1) is 13.1. The molecule has 27 heavy (non-hydrogen) atoms. The summed E-state index contributed by atoms with van der Waals surface area (Å²) in [5, 5.41) is 2.88.